The summed E-state index contributed by atoms with van der Waals surface area (Å²) in [6.45, 7) is 3.71. The van der Waals surface area contributed by atoms with Gasteiger partial charge in [0.25, 0.3) is 0 Å². The van der Waals surface area contributed by atoms with Crippen LogP contribution in [0.2, 0.25) is 0 Å². The van der Waals surface area contributed by atoms with Crippen LogP contribution in [0.15, 0.2) is 36.4 Å². The SMILES string of the molecule is Cl.O=Cc1cccc(OCCCN2CCCCC2)c1-c1ccc(F)cc1F. The average Bonchev–Trinajstić information content (AvgIpc) is 2.66. The molecule has 1 fully saturated rings. The van der Waals surface area contributed by atoms with Crippen LogP contribution in [0.5, 0.6) is 5.75 Å². The lowest BCUT2D eigenvalue weighted by Crippen LogP contribution is -2.31. The molecule has 2 aromatic rings. The quantitative estimate of drug-likeness (QED) is 0.481. The maximum Gasteiger partial charge on any atom is 0.150 e. The molecule has 146 valence electrons. The van der Waals surface area contributed by atoms with Crippen LogP contribution < -0.4 is 4.74 Å². The standard InChI is InChI=1S/C21H23F2NO2.ClH/c22-17-8-9-18(19(23)14-17)21-16(15-25)6-4-7-20(21)26-13-5-12-24-10-2-1-3-11-24;/h4,6-9,14-15H,1-3,5,10-13H2;1H. The number of halogens is 3. The van der Waals surface area contributed by atoms with E-state index in [0.717, 1.165) is 32.1 Å². The Morgan fingerprint density at radius 3 is 2.56 bits per heavy atom. The van der Waals surface area contributed by atoms with E-state index in [1.165, 1.54) is 31.4 Å². The van der Waals surface area contributed by atoms with Gasteiger partial charge in [-0.2, -0.15) is 0 Å². The van der Waals surface area contributed by atoms with Gasteiger partial charge < -0.3 is 9.64 Å². The second-order valence-electron chi connectivity index (χ2n) is 6.57. The van der Waals surface area contributed by atoms with Crippen molar-refractivity contribution in [3.63, 3.8) is 0 Å². The van der Waals surface area contributed by atoms with Crippen LogP contribution in [0, 0.1) is 11.6 Å². The Bertz CT molecular complexity index is 764. The molecule has 0 bridgehead atoms. The molecule has 0 N–H and O–H groups in total. The van der Waals surface area contributed by atoms with E-state index in [2.05, 4.69) is 4.90 Å². The van der Waals surface area contributed by atoms with Crippen LogP contribution >= 0.6 is 12.4 Å². The van der Waals surface area contributed by atoms with Gasteiger partial charge in [0.2, 0.25) is 0 Å². The van der Waals surface area contributed by atoms with Crippen molar-refractivity contribution in [3.05, 3.63) is 53.6 Å². The van der Waals surface area contributed by atoms with Crippen LogP contribution in [0.1, 0.15) is 36.0 Å². The smallest absolute Gasteiger partial charge is 0.150 e. The highest BCUT2D eigenvalue weighted by molar-refractivity contribution is 5.90. The first-order valence-corrected chi connectivity index (χ1v) is 9.08. The molecule has 0 atom stereocenters. The van der Waals surface area contributed by atoms with Gasteiger partial charge in [0.1, 0.15) is 17.4 Å². The van der Waals surface area contributed by atoms with Crippen LogP contribution in [-0.2, 0) is 0 Å². The van der Waals surface area contributed by atoms with E-state index in [-0.39, 0.29) is 18.0 Å². The Balaban J connectivity index is 0.00000261. The van der Waals surface area contributed by atoms with Crippen molar-refractivity contribution in [2.75, 3.05) is 26.2 Å². The predicted octanol–water partition coefficient (Wildman–Crippen LogP) is 5.12. The van der Waals surface area contributed by atoms with Crippen LogP contribution in [0.25, 0.3) is 11.1 Å². The zero-order chi connectivity index (χ0) is 18.4. The van der Waals surface area contributed by atoms with Crippen molar-refractivity contribution in [2.45, 2.75) is 25.7 Å². The summed E-state index contributed by atoms with van der Waals surface area (Å²) in [6.07, 6.45) is 5.32. The zero-order valence-electron chi connectivity index (χ0n) is 15.1. The fourth-order valence-corrected chi connectivity index (χ4v) is 3.40. The monoisotopic (exact) mass is 395 g/mol. The van der Waals surface area contributed by atoms with Gasteiger partial charge in [-0.15, -0.1) is 12.4 Å². The number of hydrogen-bond donors (Lipinski definition) is 0. The molecule has 0 saturated carbocycles. The highest BCUT2D eigenvalue weighted by Gasteiger charge is 2.16. The molecule has 2 aromatic carbocycles. The average molecular weight is 396 g/mol. The molecule has 1 aliphatic rings. The fourth-order valence-electron chi connectivity index (χ4n) is 3.40. The van der Waals surface area contributed by atoms with Crippen molar-refractivity contribution in [3.8, 4) is 16.9 Å². The largest absolute Gasteiger partial charge is 0.493 e. The maximum atomic E-state index is 14.2. The molecule has 1 saturated heterocycles. The number of ether oxygens (including phenoxy) is 1. The van der Waals surface area contributed by atoms with E-state index >= 15 is 0 Å². The number of carbonyl (C=O) groups is 1. The molecule has 6 heteroatoms. The van der Waals surface area contributed by atoms with Crippen LogP contribution in [0.4, 0.5) is 8.78 Å². The third-order valence-electron chi connectivity index (χ3n) is 4.71. The third kappa shape index (κ3) is 5.50. The Morgan fingerprint density at radius 2 is 1.85 bits per heavy atom. The van der Waals surface area contributed by atoms with Crippen LogP contribution in [0.3, 0.4) is 0 Å². The summed E-state index contributed by atoms with van der Waals surface area (Å²) in [6, 6.07) is 8.36. The van der Waals surface area contributed by atoms with E-state index in [0.29, 0.717) is 29.8 Å². The third-order valence-corrected chi connectivity index (χ3v) is 4.71. The molecule has 0 radical (unpaired) electrons. The summed E-state index contributed by atoms with van der Waals surface area (Å²) in [4.78, 5) is 13.8. The Kier molecular flexibility index (Phi) is 8.20. The van der Waals surface area contributed by atoms with Gasteiger partial charge in [-0.3, -0.25) is 4.79 Å². The molecule has 0 spiro atoms. The molecule has 0 aromatic heterocycles. The van der Waals surface area contributed by atoms with Gasteiger partial charge in [0, 0.05) is 29.3 Å². The molecule has 0 aliphatic carbocycles. The van der Waals surface area contributed by atoms with Gasteiger partial charge >= 0.3 is 0 Å². The minimum atomic E-state index is -0.711. The lowest BCUT2D eigenvalue weighted by Gasteiger charge is -2.26. The zero-order valence-corrected chi connectivity index (χ0v) is 15.9. The molecule has 1 heterocycles. The predicted molar refractivity (Wildman–Crippen MR) is 105 cm³/mol. The molecule has 3 rings (SSSR count). The van der Waals surface area contributed by atoms with Crippen molar-refractivity contribution in [1.82, 2.24) is 4.90 Å². The number of carbonyl (C=O) groups excluding carboxylic acids is 1. The van der Waals surface area contributed by atoms with E-state index in [4.69, 9.17) is 4.74 Å². The summed E-state index contributed by atoms with van der Waals surface area (Å²) < 4.78 is 33.3. The van der Waals surface area contributed by atoms with Gasteiger partial charge in [0.15, 0.2) is 6.29 Å². The highest BCUT2D eigenvalue weighted by atomic mass is 35.5. The first kappa shape index (κ1) is 21.3. The highest BCUT2D eigenvalue weighted by Crippen LogP contribution is 2.35. The van der Waals surface area contributed by atoms with Crippen molar-refractivity contribution in [2.24, 2.45) is 0 Å². The summed E-state index contributed by atoms with van der Waals surface area (Å²) >= 11 is 0. The van der Waals surface area contributed by atoms with Crippen molar-refractivity contribution in [1.29, 1.82) is 0 Å². The number of hydrogen-bond acceptors (Lipinski definition) is 3. The Hall–Kier alpha value is -1.98. The first-order valence-electron chi connectivity index (χ1n) is 9.08. The minimum Gasteiger partial charge on any atom is -0.493 e. The van der Waals surface area contributed by atoms with Gasteiger partial charge in [-0.1, -0.05) is 18.6 Å². The minimum absolute atomic E-state index is 0. The van der Waals surface area contributed by atoms with Gasteiger partial charge in [0.05, 0.1) is 6.61 Å². The molecule has 27 heavy (non-hydrogen) atoms. The molecular weight excluding hydrogens is 372 g/mol. The molecular formula is C21H24ClF2NO2. The van der Waals surface area contributed by atoms with E-state index in [1.807, 2.05) is 0 Å². The molecule has 1 aliphatic heterocycles. The summed E-state index contributed by atoms with van der Waals surface area (Å²) in [5.74, 6) is -0.921. The van der Waals surface area contributed by atoms with E-state index < -0.39 is 11.6 Å². The molecule has 3 nitrogen and oxygen atoms in total. The molecule has 0 amide bonds. The van der Waals surface area contributed by atoms with Gasteiger partial charge in [-0.25, -0.2) is 8.78 Å². The van der Waals surface area contributed by atoms with Crippen LogP contribution in [-0.4, -0.2) is 37.4 Å². The first-order chi connectivity index (χ1) is 12.7. The fraction of sp³-hybridized carbons (Fsp3) is 0.381. The second-order valence-corrected chi connectivity index (χ2v) is 6.57. The maximum absolute atomic E-state index is 14.2. The summed E-state index contributed by atoms with van der Waals surface area (Å²) in [5, 5.41) is 0. The molecule has 0 unspecified atom stereocenters. The number of benzene rings is 2. The normalized spacial score (nSPS) is 14.4. The topological polar surface area (TPSA) is 29.5 Å². The van der Waals surface area contributed by atoms with Gasteiger partial charge in [-0.05, 0) is 50.6 Å². The number of rotatable bonds is 7. The van der Waals surface area contributed by atoms with Crippen molar-refractivity contribution < 1.29 is 18.3 Å². The number of nitrogens with zero attached hydrogens (tertiary/aromatic N) is 1. The lowest BCUT2D eigenvalue weighted by atomic mass is 9.98. The summed E-state index contributed by atoms with van der Waals surface area (Å²) in [5.41, 5.74) is 0.863. The lowest BCUT2D eigenvalue weighted by molar-refractivity contribution is 0.112. The number of likely N-dealkylation sites (tertiary alicyclic amines) is 1. The Labute approximate surface area is 164 Å². The Morgan fingerprint density at radius 1 is 1.07 bits per heavy atom. The van der Waals surface area contributed by atoms with E-state index in [9.17, 15) is 13.6 Å². The summed E-state index contributed by atoms with van der Waals surface area (Å²) in [7, 11) is 0. The van der Waals surface area contributed by atoms with Crippen molar-refractivity contribution >= 4 is 18.7 Å². The number of piperidine rings is 1. The van der Waals surface area contributed by atoms with E-state index in [1.54, 1.807) is 18.2 Å². The second kappa shape index (κ2) is 10.4. The number of aldehydes is 1.